The Kier molecular flexibility index (Phi) is 3.00. The Labute approximate surface area is 97.7 Å². The fourth-order valence-corrected chi connectivity index (χ4v) is 2.26. The standard InChI is InChI=1S/C12H13F2NO2/c1-7-9(5-4-8(13)11(7)14)15-6-2-3-10(15)12(16)17/h4-5,10H,2-3,6H2,1H3,(H,16,17). The van der Waals surface area contributed by atoms with Crippen molar-refractivity contribution in [3.05, 3.63) is 29.3 Å². The second kappa shape index (κ2) is 4.31. The quantitative estimate of drug-likeness (QED) is 0.863. The van der Waals surface area contributed by atoms with Crippen molar-refractivity contribution in [2.24, 2.45) is 0 Å². The van der Waals surface area contributed by atoms with Gasteiger partial charge in [-0.25, -0.2) is 13.6 Å². The molecule has 1 unspecified atom stereocenters. The molecule has 92 valence electrons. The first kappa shape index (κ1) is 11.8. The van der Waals surface area contributed by atoms with Gasteiger partial charge in [0, 0.05) is 17.8 Å². The molecule has 0 aromatic heterocycles. The van der Waals surface area contributed by atoms with Gasteiger partial charge in [-0.2, -0.15) is 0 Å². The number of anilines is 1. The summed E-state index contributed by atoms with van der Waals surface area (Å²) < 4.78 is 26.4. The number of benzene rings is 1. The molecule has 1 heterocycles. The Balaban J connectivity index is 2.40. The number of aliphatic carboxylic acids is 1. The van der Waals surface area contributed by atoms with Crippen LogP contribution in [-0.4, -0.2) is 23.7 Å². The Morgan fingerprint density at radius 3 is 2.82 bits per heavy atom. The second-order valence-electron chi connectivity index (χ2n) is 4.20. The third kappa shape index (κ3) is 1.97. The van der Waals surface area contributed by atoms with Gasteiger partial charge in [0.05, 0.1) is 0 Å². The zero-order valence-corrected chi connectivity index (χ0v) is 9.41. The molecule has 1 aromatic carbocycles. The molecule has 0 spiro atoms. The highest BCUT2D eigenvalue weighted by Gasteiger charge is 2.32. The normalized spacial score (nSPS) is 19.7. The Hall–Kier alpha value is -1.65. The zero-order chi connectivity index (χ0) is 12.6. The van der Waals surface area contributed by atoms with E-state index in [4.69, 9.17) is 5.11 Å². The maximum atomic E-state index is 13.4. The van der Waals surface area contributed by atoms with Gasteiger partial charge in [-0.15, -0.1) is 0 Å². The first-order valence-corrected chi connectivity index (χ1v) is 5.46. The van der Waals surface area contributed by atoms with Crippen LogP contribution in [0, 0.1) is 18.6 Å². The van der Waals surface area contributed by atoms with E-state index in [1.54, 1.807) is 4.90 Å². The Bertz CT molecular complexity index is 462. The van der Waals surface area contributed by atoms with Crippen LogP contribution in [0.5, 0.6) is 0 Å². The van der Waals surface area contributed by atoms with Crippen molar-refractivity contribution in [2.75, 3.05) is 11.4 Å². The number of halogens is 2. The summed E-state index contributed by atoms with van der Waals surface area (Å²) in [5, 5.41) is 9.05. The van der Waals surface area contributed by atoms with Crippen LogP contribution in [0.3, 0.4) is 0 Å². The average Bonchev–Trinajstić information content (AvgIpc) is 2.75. The first-order valence-electron chi connectivity index (χ1n) is 5.46. The molecule has 1 aromatic rings. The lowest BCUT2D eigenvalue weighted by Gasteiger charge is -2.25. The minimum atomic E-state index is -0.924. The molecular formula is C12H13F2NO2. The van der Waals surface area contributed by atoms with Crippen LogP contribution in [0.15, 0.2) is 12.1 Å². The van der Waals surface area contributed by atoms with E-state index in [0.717, 1.165) is 12.5 Å². The molecule has 1 N–H and O–H groups in total. The molecule has 0 aliphatic carbocycles. The molecule has 1 aliphatic heterocycles. The van der Waals surface area contributed by atoms with E-state index in [2.05, 4.69) is 0 Å². The number of hydrogen-bond acceptors (Lipinski definition) is 2. The fraction of sp³-hybridized carbons (Fsp3) is 0.417. The van der Waals surface area contributed by atoms with Crippen LogP contribution >= 0.6 is 0 Å². The van der Waals surface area contributed by atoms with E-state index in [9.17, 15) is 13.6 Å². The largest absolute Gasteiger partial charge is 0.480 e. The fourth-order valence-electron chi connectivity index (χ4n) is 2.26. The number of carboxylic acid groups (broad SMARTS) is 1. The molecular weight excluding hydrogens is 228 g/mol. The summed E-state index contributed by atoms with van der Waals surface area (Å²) in [6.07, 6.45) is 1.28. The lowest BCUT2D eigenvalue weighted by atomic mass is 10.1. The molecule has 5 heteroatoms. The monoisotopic (exact) mass is 241 g/mol. The molecule has 17 heavy (non-hydrogen) atoms. The van der Waals surface area contributed by atoms with Gasteiger partial charge >= 0.3 is 5.97 Å². The van der Waals surface area contributed by atoms with Crippen molar-refractivity contribution in [2.45, 2.75) is 25.8 Å². The molecule has 3 nitrogen and oxygen atoms in total. The van der Waals surface area contributed by atoms with E-state index >= 15 is 0 Å². The number of rotatable bonds is 2. The summed E-state index contributed by atoms with van der Waals surface area (Å²) in [5.41, 5.74) is 0.631. The summed E-state index contributed by atoms with van der Waals surface area (Å²) in [6.45, 7) is 2.02. The van der Waals surface area contributed by atoms with Crippen molar-refractivity contribution < 1.29 is 18.7 Å². The SMILES string of the molecule is Cc1c(N2CCCC2C(=O)O)ccc(F)c1F. The summed E-state index contributed by atoms with van der Waals surface area (Å²) in [4.78, 5) is 12.7. The highest BCUT2D eigenvalue weighted by Crippen LogP contribution is 2.30. The Morgan fingerprint density at radius 1 is 1.47 bits per heavy atom. The highest BCUT2D eigenvalue weighted by atomic mass is 19.2. The minimum absolute atomic E-state index is 0.165. The van der Waals surface area contributed by atoms with Crippen molar-refractivity contribution >= 4 is 11.7 Å². The topological polar surface area (TPSA) is 40.5 Å². The van der Waals surface area contributed by atoms with E-state index in [-0.39, 0.29) is 5.56 Å². The van der Waals surface area contributed by atoms with E-state index in [0.29, 0.717) is 18.7 Å². The molecule has 0 radical (unpaired) electrons. The average molecular weight is 241 g/mol. The molecule has 0 bridgehead atoms. The van der Waals surface area contributed by atoms with Gasteiger partial charge in [0.2, 0.25) is 0 Å². The summed E-state index contributed by atoms with van der Waals surface area (Å²) in [7, 11) is 0. The number of carboxylic acids is 1. The summed E-state index contributed by atoms with van der Waals surface area (Å²) in [6, 6.07) is 1.84. The maximum absolute atomic E-state index is 13.4. The van der Waals surface area contributed by atoms with Crippen molar-refractivity contribution in [1.82, 2.24) is 0 Å². The molecule has 2 rings (SSSR count). The molecule has 1 fully saturated rings. The molecule has 1 atom stereocenters. The van der Waals surface area contributed by atoms with E-state index in [1.807, 2.05) is 0 Å². The molecule has 1 aliphatic rings. The van der Waals surface area contributed by atoms with Crippen LogP contribution in [0.1, 0.15) is 18.4 Å². The van der Waals surface area contributed by atoms with Crippen molar-refractivity contribution in [1.29, 1.82) is 0 Å². The minimum Gasteiger partial charge on any atom is -0.480 e. The number of hydrogen-bond donors (Lipinski definition) is 1. The van der Waals surface area contributed by atoms with Crippen LogP contribution < -0.4 is 4.90 Å². The predicted octanol–water partition coefficient (Wildman–Crippen LogP) is 2.33. The Morgan fingerprint density at radius 2 is 2.18 bits per heavy atom. The molecule has 0 amide bonds. The summed E-state index contributed by atoms with van der Waals surface area (Å²) in [5.74, 6) is -2.73. The van der Waals surface area contributed by atoms with Crippen molar-refractivity contribution in [3.63, 3.8) is 0 Å². The van der Waals surface area contributed by atoms with Gasteiger partial charge in [0.25, 0.3) is 0 Å². The zero-order valence-electron chi connectivity index (χ0n) is 9.41. The van der Waals surface area contributed by atoms with Crippen LogP contribution in [-0.2, 0) is 4.79 Å². The molecule has 0 saturated carbocycles. The molecule has 1 saturated heterocycles. The van der Waals surface area contributed by atoms with Gasteiger partial charge in [-0.1, -0.05) is 0 Å². The van der Waals surface area contributed by atoms with Crippen molar-refractivity contribution in [3.8, 4) is 0 Å². The highest BCUT2D eigenvalue weighted by molar-refractivity contribution is 5.79. The van der Waals surface area contributed by atoms with Gasteiger partial charge in [0.15, 0.2) is 11.6 Å². The van der Waals surface area contributed by atoms with E-state index in [1.165, 1.54) is 13.0 Å². The maximum Gasteiger partial charge on any atom is 0.326 e. The lowest BCUT2D eigenvalue weighted by Crippen LogP contribution is -2.36. The van der Waals surface area contributed by atoms with Crippen LogP contribution in [0.4, 0.5) is 14.5 Å². The van der Waals surface area contributed by atoms with Gasteiger partial charge < -0.3 is 10.0 Å². The van der Waals surface area contributed by atoms with Gasteiger partial charge in [0.1, 0.15) is 6.04 Å². The number of carbonyl (C=O) groups is 1. The third-order valence-corrected chi connectivity index (χ3v) is 3.16. The summed E-state index contributed by atoms with van der Waals surface area (Å²) >= 11 is 0. The number of nitrogens with zero attached hydrogens (tertiary/aromatic N) is 1. The lowest BCUT2D eigenvalue weighted by molar-refractivity contribution is -0.138. The van der Waals surface area contributed by atoms with Gasteiger partial charge in [-0.05, 0) is 31.9 Å². The smallest absolute Gasteiger partial charge is 0.326 e. The van der Waals surface area contributed by atoms with Gasteiger partial charge in [-0.3, -0.25) is 0 Å². The second-order valence-corrected chi connectivity index (χ2v) is 4.20. The first-order chi connectivity index (χ1) is 8.02. The third-order valence-electron chi connectivity index (χ3n) is 3.16. The predicted molar refractivity (Wildman–Crippen MR) is 59.1 cm³/mol. The van der Waals surface area contributed by atoms with E-state index < -0.39 is 23.6 Å². The van der Waals surface area contributed by atoms with Crippen LogP contribution in [0.25, 0.3) is 0 Å². The van der Waals surface area contributed by atoms with Crippen LogP contribution in [0.2, 0.25) is 0 Å².